The Morgan fingerprint density at radius 3 is 2.85 bits per heavy atom. The molecule has 4 rings (SSSR count). The number of carbonyl (C=O) groups excluding carboxylic acids is 1. The largest absolute Gasteiger partial charge is 0.360 e. The van der Waals surface area contributed by atoms with Crippen molar-refractivity contribution in [2.75, 3.05) is 22.6 Å². The second-order valence-corrected chi connectivity index (χ2v) is 5.16. The van der Waals surface area contributed by atoms with Gasteiger partial charge in [-0.15, -0.1) is 0 Å². The van der Waals surface area contributed by atoms with Crippen molar-refractivity contribution < 1.29 is 4.79 Å². The van der Waals surface area contributed by atoms with Gasteiger partial charge in [-0.25, -0.2) is 0 Å². The van der Waals surface area contributed by atoms with E-state index in [4.69, 9.17) is 0 Å². The van der Waals surface area contributed by atoms with Gasteiger partial charge in [0.2, 0.25) is 5.91 Å². The van der Waals surface area contributed by atoms with Crippen molar-refractivity contribution >= 4 is 23.0 Å². The molecule has 2 aliphatic rings. The zero-order valence-electron chi connectivity index (χ0n) is 11.1. The molecule has 0 spiro atoms. The Hall–Kier alpha value is -2.56. The smallest absolute Gasteiger partial charge is 0.231 e. The third-order valence-electron chi connectivity index (χ3n) is 3.91. The Kier molecular flexibility index (Phi) is 2.24. The molecule has 1 amide bonds. The molecular weight excluding hydrogens is 252 g/mol. The highest BCUT2D eigenvalue weighted by molar-refractivity contribution is 6.03. The van der Waals surface area contributed by atoms with Crippen LogP contribution >= 0.6 is 0 Å². The quantitative estimate of drug-likeness (QED) is 0.830. The van der Waals surface area contributed by atoms with Crippen molar-refractivity contribution in [3.05, 3.63) is 47.8 Å². The molecule has 100 valence electrons. The first kappa shape index (κ1) is 11.3. The van der Waals surface area contributed by atoms with E-state index in [-0.39, 0.29) is 12.1 Å². The summed E-state index contributed by atoms with van der Waals surface area (Å²) in [5, 5.41) is 6.86. The average Bonchev–Trinajstić information content (AvgIpc) is 3.00. The van der Waals surface area contributed by atoms with Crippen LogP contribution < -0.4 is 15.5 Å². The molecule has 5 nitrogen and oxygen atoms in total. The number of amides is 1. The molecular formula is C15H14N4O. The molecule has 1 atom stereocenters. The lowest BCUT2D eigenvalue weighted by Crippen LogP contribution is -2.20. The van der Waals surface area contributed by atoms with Gasteiger partial charge in [0.05, 0.1) is 17.8 Å². The summed E-state index contributed by atoms with van der Waals surface area (Å²) >= 11 is 0. The van der Waals surface area contributed by atoms with E-state index in [1.165, 1.54) is 0 Å². The summed E-state index contributed by atoms with van der Waals surface area (Å²) in [4.78, 5) is 17.6. The number of nitrogens with one attached hydrogen (secondary N) is 2. The summed E-state index contributed by atoms with van der Waals surface area (Å²) < 4.78 is 0. The molecule has 0 radical (unpaired) electrons. The summed E-state index contributed by atoms with van der Waals surface area (Å²) in [5.41, 5.74) is 5.24. The van der Waals surface area contributed by atoms with Crippen LogP contribution in [-0.4, -0.2) is 17.9 Å². The van der Waals surface area contributed by atoms with Gasteiger partial charge in [-0.05, 0) is 23.8 Å². The van der Waals surface area contributed by atoms with Gasteiger partial charge in [-0.1, -0.05) is 6.07 Å². The minimum absolute atomic E-state index is 0.0298. The summed E-state index contributed by atoms with van der Waals surface area (Å²) in [7, 11) is 1.82. The molecule has 0 aliphatic carbocycles. The van der Waals surface area contributed by atoms with Crippen molar-refractivity contribution in [3.8, 4) is 0 Å². The number of likely N-dealkylation sites (N-methyl/N-ethyl adjacent to an activating group) is 1. The van der Waals surface area contributed by atoms with Crippen LogP contribution in [0, 0.1) is 0 Å². The minimum atomic E-state index is 0.0298. The van der Waals surface area contributed by atoms with E-state index in [9.17, 15) is 4.79 Å². The maximum absolute atomic E-state index is 11.7. The van der Waals surface area contributed by atoms with Crippen molar-refractivity contribution in [2.45, 2.75) is 12.6 Å². The van der Waals surface area contributed by atoms with Gasteiger partial charge in [-0.2, -0.15) is 0 Å². The maximum Gasteiger partial charge on any atom is 0.231 e. The molecule has 0 fully saturated rings. The summed E-state index contributed by atoms with van der Waals surface area (Å²) in [5.74, 6) is 0.146. The lowest BCUT2D eigenvalue weighted by atomic mass is 10.1. The molecule has 1 unspecified atom stereocenters. The molecule has 1 aromatic carbocycles. The lowest BCUT2D eigenvalue weighted by molar-refractivity contribution is -0.117. The highest BCUT2D eigenvalue weighted by atomic mass is 16.2. The fourth-order valence-electron chi connectivity index (χ4n) is 2.80. The van der Waals surface area contributed by atoms with E-state index >= 15 is 0 Å². The summed E-state index contributed by atoms with van der Waals surface area (Å²) in [6.45, 7) is 0. The Morgan fingerprint density at radius 2 is 2.10 bits per heavy atom. The number of benzene rings is 1. The monoisotopic (exact) mass is 266 g/mol. The first-order valence-electron chi connectivity index (χ1n) is 6.59. The Balaban J connectivity index is 1.69. The van der Waals surface area contributed by atoms with E-state index in [0.717, 1.165) is 28.2 Å². The molecule has 2 N–H and O–H groups in total. The van der Waals surface area contributed by atoms with Crippen LogP contribution in [0.1, 0.15) is 17.3 Å². The van der Waals surface area contributed by atoms with Crippen LogP contribution in [0.3, 0.4) is 0 Å². The second-order valence-electron chi connectivity index (χ2n) is 5.16. The van der Waals surface area contributed by atoms with Crippen molar-refractivity contribution in [1.82, 2.24) is 4.98 Å². The van der Waals surface area contributed by atoms with E-state index in [2.05, 4.69) is 21.7 Å². The van der Waals surface area contributed by atoms with E-state index < -0.39 is 0 Å². The highest BCUT2D eigenvalue weighted by Crippen LogP contribution is 2.41. The topological polar surface area (TPSA) is 57.3 Å². The number of anilines is 3. The zero-order chi connectivity index (χ0) is 13.7. The third-order valence-corrected chi connectivity index (χ3v) is 3.91. The van der Waals surface area contributed by atoms with Crippen LogP contribution in [-0.2, 0) is 11.2 Å². The Morgan fingerprint density at radius 1 is 1.30 bits per heavy atom. The van der Waals surface area contributed by atoms with Gasteiger partial charge in [0.1, 0.15) is 6.17 Å². The van der Waals surface area contributed by atoms with Gasteiger partial charge in [0, 0.05) is 30.7 Å². The van der Waals surface area contributed by atoms with Crippen LogP contribution in [0.15, 0.2) is 36.7 Å². The lowest BCUT2D eigenvalue weighted by Gasteiger charge is -2.12. The van der Waals surface area contributed by atoms with Crippen molar-refractivity contribution in [2.24, 2.45) is 0 Å². The summed E-state index contributed by atoms with van der Waals surface area (Å²) in [6.07, 6.45) is 4.13. The fraction of sp³-hybridized carbons (Fsp3) is 0.200. The van der Waals surface area contributed by atoms with E-state index in [0.29, 0.717) is 6.42 Å². The standard InChI is InChI=1S/C15H14N4O/c1-19-13-7-12-11(5-10(13)6-14(19)20)17-15(18-12)9-3-2-4-16-8-9/h2-5,7-8,15,17-18H,6H2,1H3. The third kappa shape index (κ3) is 1.56. The van der Waals surface area contributed by atoms with Crippen LogP contribution in [0.5, 0.6) is 0 Å². The SMILES string of the molecule is CN1C(=O)Cc2cc3c(cc21)NC(c1cccnc1)N3. The van der Waals surface area contributed by atoms with Crippen LogP contribution in [0.2, 0.25) is 0 Å². The molecule has 0 saturated carbocycles. The maximum atomic E-state index is 11.7. The number of hydrogen-bond acceptors (Lipinski definition) is 4. The van der Waals surface area contributed by atoms with Gasteiger partial charge >= 0.3 is 0 Å². The number of nitrogens with zero attached hydrogens (tertiary/aromatic N) is 2. The molecule has 2 aliphatic heterocycles. The number of fused-ring (bicyclic) bond motifs is 2. The first-order valence-corrected chi connectivity index (χ1v) is 6.59. The zero-order valence-corrected chi connectivity index (χ0v) is 11.1. The van der Waals surface area contributed by atoms with Crippen molar-refractivity contribution in [3.63, 3.8) is 0 Å². The number of pyridine rings is 1. The number of carbonyl (C=O) groups is 1. The Labute approximate surface area is 116 Å². The normalized spacial score (nSPS) is 19.4. The molecule has 0 saturated heterocycles. The number of rotatable bonds is 1. The molecule has 3 heterocycles. The van der Waals surface area contributed by atoms with Crippen LogP contribution in [0.4, 0.5) is 17.1 Å². The van der Waals surface area contributed by atoms with Gasteiger partial charge in [0.15, 0.2) is 0 Å². The molecule has 2 aromatic rings. The van der Waals surface area contributed by atoms with Crippen molar-refractivity contribution in [1.29, 1.82) is 0 Å². The molecule has 0 bridgehead atoms. The predicted molar refractivity (Wildman–Crippen MR) is 77.8 cm³/mol. The first-order chi connectivity index (χ1) is 9.72. The predicted octanol–water partition coefficient (Wildman–Crippen LogP) is 2.14. The van der Waals surface area contributed by atoms with Gasteiger partial charge in [-0.3, -0.25) is 9.78 Å². The second kappa shape index (κ2) is 3.96. The fourth-order valence-corrected chi connectivity index (χ4v) is 2.80. The molecule has 1 aromatic heterocycles. The van der Waals surface area contributed by atoms with E-state index in [1.807, 2.05) is 31.4 Å². The number of hydrogen-bond donors (Lipinski definition) is 2. The molecule has 20 heavy (non-hydrogen) atoms. The Bertz CT molecular complexity index is 699. The summed E-state index contributed by atoms with van der Waals surface area (Å²) in [6, 6.07) is 8.06. The minimum Gasteiger partial charge on any atom is -0.360 e. The average molecular weight is 266 g/mol. The van der Waals surface area contributed by atoms with E-state index in [1.54, 1.807) is 11.1 Å². The number of aromatic nitrogens is 1. The highest BCUT2D eigenvalue weighted by Gasteiger charge is 2.29. The van der Waals surface area contributed by atoms with Gasteiger partial charge in [0.25, 0.3) is 0 Å². The van der Waals surface area contributed by atoms with Crippen LogP contribution in [0.25, 0.3) is 0 Å². The molecule has 5 heteroatoms. The van der Waals surface area contributed by atoms with Gasteiger partial charge < -0.3 is 15.5 Å².